The third kappa shape index (κ3) is 3.14. The Morgan fingerprint density at radius 3 is 2.54 bits per heavy atom. The van der Waals surface area contributed by atoms with Crippen molar-refractivity contribution in [3.05, 3.63) is 54.3 Å². The van der Waals surface area contributed by atoms with Crippen molar-refractivity contribution >= 4 is 33.9 Å². The highest BCUT2D eigenvalue weighted by Crippen LogP contribution is 2.66. The molecule has 2 aromatic carbocycles. The molecule has 0 aromatic heterocycles. The Kier molecular flexibility index (Phi) is 5.08. The molecule has 0 radical (unpaired) electrons. The molecular weight excluding hydrogens is 347 g/mol. The van der Waals surface area contributed by atoms with Crippen LogP contribution in [0.15, 0.2) is 53.4 Å². The molecule has 2 atom stereocenters. The number of hydrogen-bond donors (Lipinski definition) is 3. The Labute approximate surface area is 147 Å². The highest BCUT2D eigenvalue weighted by Gasteiger charge is 2.42. The van der Waals surface area contributed by atoms with Crippen molar-refractivity contribution in [1.29, 1.82) is 0 Å². The van der Waals surface area contributed by atoms with Crippen molar-refractivity contribution in [2.75, 3.05) is 10.8 Å². The van der Waals surface area contributed by atoms with Crippen LogP contribution in [-0.4, -0.2) is 20.2 Å². The van der Waals surface area contributed by atoms with Crippen molar-refractivity contribution < 1.29 is 13.5 Å². The fourth-order valence-electron chi connectivity index (χ4n) is 2.86. The second-order valence-corrected chi connectivity index (χ2v) is 9.32. The molecule has 1 aliphatic rings. The molecule has 24 heavy (non-hydrogen) atoms. The summed E-state index contributed by atoms with van der Waals surface area (Å²) in [7, 11) is -3.15. The molecular formula is C17H21FN2O2S2. The van der Waals surface area contributed by atoms with Gasteiger partial charge in [-0.15, -0.1) is 10.8 Å². The van der Waals surface area contributed by atoms with Gasteiger partial charge in [-0.3, -0.25) is 9.11 Å². The van der Waals surface area contributed by atoms with Gasteiger partial charge in [0.25, 0.3) is 0 Å². The molecule has 7 heteroatoms. The molecule has 0 saturated carbocycles. The Morgan fingerprint density at radius 1 is 1.21 bits per heavy atom. The summed E-state index contributed by atoms with van der Waals surface area (Å²) in [5, 5.41) is 0. The predicted molar refractivity (Wildman–Crippen MR) is 100 cm³/mol. The van der Waals surface area contributed by atoms with Crippen LogP contribution in [0.1, 0.15) is 13.3 Å². The summed E-state index contributed by atoms with van der Waals surface area (Å²) in [5.41, 5.74) is 6.95. The Bertz CT molecular complexity index is 712. The van der Waals surface area contributed by atoms with Crippen LogP contribution < -0.4 is 10.0 Å². The van der Waals surface area contributed by atoms with Gasteiger partial charge in [-0.25, -0.2) is 8.70 Å². The van der Waals surface area contributed by atoms with E-state index >= 15 is 0 Å². The number of halogens is 1. The van der Waals surface area contributed by atoms with Crippen molar-refractivity contribution in [1.82, 2.24) is 0 Å². The fraction of sp³-hybridized carbons (Fsp3) is 0.294. The maximum absolute atomic E-state index is 13.3. The lowest BCUT2D eigenvalue weighted by atomic mass is 10.1. The van der Waals surface area contributed by atoms with Crippen LogP contribution in [0.5, 0.6) is 0 Å². The van der Waals surface area contributed by atoms with Gasteiger partial charge in [0.1, 0.15) is 10.4 Å². The van der Waals surface area contributed by atoms with Gasteiger partial charge in [0.2, 0.25) is 0 Å². The van der Waals surface area contributed by atoms with E-state index in [1.165, 1.54) is 23.9 Å². The standard InChI is InChI=1S/C17H21FN2O2S2/c1-12(10-11-19)17-23-16-5-3-2-4-15(16)20(24(17,21)22)14-8-6-13(18)7-9-14/h2-9,12,17,21-22H,10-11,19H2,1H3. The lowest BCUT2D eigenvalue weighted by Crippen LogP contribution is -2.37. The first-order chi connectivity index (χ1) is 11.4. The van der Waals surface area contributed by atoms with E-state index in [9.17, 15) is 13.5 Å². The van der Waals surface area contributed by atoms with Crippen molar-refractivity contribution in [2.24, 2.45) is 11.7 Å². The highest BCUT2D eigenvalue weighted by molar-refractivity contribution is 8.34. The minimum absolute atomic E-state index is 0.0290. The topological polar surface area (TPSA) is 69.7 Å². The Hall–Kier alpha value is -1.25. The zero-order valence-electron chi connectivity index (χ0n) is 13.3. The molecule has 0 amide bonds. The van der Waals surface area contributed by atoms with E-state index in [2.05, 4.69) is 0 Å². The molecule has 4 N–H and O–H groups in total. The number of thioether (sulfide) groups is 1. The number of nitrogens with zero attached hydrogens (tertiary/aromatic N) is 1. The summed E-state index contributed by atoms with van der Waals surface area (Å²) in [6.07, 6.45) is 0.701. The molecule has 4 nitrogen and oxygen atoms in total. The third-order valence-electron chi connectivity index (χ3n) is 4.06. The molecule has 0 bridgehead atoms. The van der Waals surface area contributed by atoms with E-state index in [1.807, 2.05) is 31.2 Å². The van der Waals surface area contributed by atoms with Gasteiger partial charge < -0.3 is 5.73 Å². The van der Waals surface area contributed by atoms with Gasteiger partial charge in [0.05, 0.1) is 11.4 Å². The van der Waals surface area contributed by atoms with Crippen LogP contribution in [0.3, 0.4) is 0 Å². The quantitative estimate of drug-likeness (QED) is 0.705. The molecule has 0 aliphatic carbocycles. The first kappa shape index (κ1) is 17.6. The van der Waals surface area contributed by atoms with E-state index in [1.54, 1.807) is 16.4 Å². The van der Waals surface area contributed by atoms with Crippen LogP contribution in [0.2, 0.25) is 0 Å². The fourth-order valence-corrected chi connectivity index (χ4v) is 6.91. The summed E-state index contributed by atoms with van der Waals surface area (Å²) >= 11 is 1.48. The van der Waals surface area contributed by atoms with Crippen molar-refractivity contribution in [3.63, 3.8) is 0 Å². The second-order valence-electron chi connectivity index (χ2n) is 5.84. The Balaban J connectivity index is 2.11. The maximum atomic E-state index is 13.3. The number of nitrogens with two attached hydrogens (primary N) is 1. The summed E-state index contributed by atoms with van der Waals surface area (Å²) in [6, 6.07) is 13.4. The van der Waals surface area contributed by atoms with Crippen LogP contribution in [-0.2, 0) is 0 Å². The van der Waals surface area contributed by atoms with E-state index in [0.717, 1.165) is 10.6 Å². The van der Waals surface area contributed by atoms with Gasteiger partial charge in [0, 0.05) is 4.90 Å². The molecule has 1 heterocycles. The SMILES string of the molecule is CC(CCN)C1Sc2ccccc2N(c2ccc(F)cc2)S1(O)O. The van der Waals surface area contributed by atoms with Gasteiger partial charge in [-0.05, 0) is 55.3 Å². The van der Waals surface area contributed by atoms with E-state index in [0.29, 0.717) is 18.7 Å². The highest BCUT2D eigenvalue weighted by atomic mass is 32.3. The van der Waals surface area contributed by atoms with E-state index < -0.39 is 15.4 Å². The molecule has 2 aromatic rings. The number of para-hydroxylation sites is 1. The molecule has 0 spiro atoms. The molecule has 3 rings (SSSR count). The van der Waals surface area contributed by atoms with Crippen LogP contribution in [0.25, 0.3) is 0 Å². The zero-order valence-corrected chi connectivity index (χ0v) is 14.9. The van der Waals surface area contributed by atoms with Crippen LogP contribution >= 0.6 is 22.5 Å². The average molecular weight is 368 g/mol. The zero-order chi connectivity index (χ0) is 17.3. The van der Waals surface area contributed by atoms with Gasteiger partial charge in [-0.1, -0.05) is 30.8 Å². The molecule has 130 valence electrons. The third-order valence-corrected chi connectivity index (χ3v) is 8.45. The monoisotopic (exact) mass is 368 g/mol. The largest absolute Gasteiger partial charge is 0.330 e. The number of hydrogen-bond acceptors (Lipinski definition) is 5. The lowest BCUT2D eigenvalue weighted by Gasteiger charge is -2.53. The lowest BCUT2D eigenvalue weighted by molar-refractivity contribution is 0.456. The van der Waals surface area contributed by atoms with Crippen molar-refractivity contribution in [2.45, 2.75) is 22.8 Å². The van der Waals surface area contributed by atoms with Crippen molar-refractivity contribution in [3.8, 4) is 0 Å². The summed E-state index contributed by atoms with van der Waals surface area (Å²) in [6.45, 7) is 2.47. The summed E-state index contributed by atoms with van der Waals surface area (Å²) in [5.74, 6) is -0.329. The minimum Gasteiger partial charge on any atom is -0.330 e. The first-order valence-corrected chi connectivity index (χ1v) is 10.2. The molecule has 1 aliphatic heterocycles. The molecule has 2 unspecified atom stereocenters. The average Bonchev–Trinajstić information content (AvgIpc) is 2.55. The predicted octanol–water partition coefficient (Wildman–Crippen LogP) is 5.05. The smallest absolute Gasteiger partial charge is 0.123 e. The summed E-state index contributed by atoms with van der Waals surface area (Å²) < 4.78 is 36.6. The van der Waals surface area contributed by atoms with Gasteiger partial charge in [0.15, 0.2) is 0 Å². The number of benzene rings is 2. The molecule has 0 saturated heterocycles. The maximum Gasteiger partial charge on any atom is 0.123 e. The van der Waals surface area contributed by atoms with Crippen LogP contribution in [0, 0.1) is 11.7 Å². The van der Waals surface area contributed by atoms with Crippen LogP contribution in [0.4, 0.5) is 15.8 Å². The first-order valence-electron chi connectivity index (χ1n) is 7.74. The van der Waals surface area contributed by atoms with Gasteiger partial charge in [-0.2, -0.15) is 0 Å². The number of fused-ring (bicyclic) bond motifs is 1. The minimum atomic E-state index is -3.15. The summed E-state index contributed by atoms with van der Waals surface area (Å²) in [4.78, 5) is 0.974. The number of rotatable bonds is 4. The Morgan fingerprint density at radius 2 is 1.88 bits per heavy atom. The molecule has 0 fully saturated rings. The van der Waals surface area contributed by atoms with E-state index in [4.69, 9.17) is 5.73 Å². The van der Waals surface area contributed by atoms with E-state index in [-0.39, 0.29) is 11.7 Å². The second kappa shape index (κ2) is 6.93. The normalized spacial score (nSPS) is 21.9. The number of anilines is 2. The van der Waals surface area contributed by atoms with Gasteiger partial charge >= 0.3 is 0 Å².